The van der Waals surface area contributed by atoms with Gasteiger partial charge in [0.1, 0.15) is 24.4 Å². The molecule has 11 nitrogen and oxygen atoms in total. The van der Waals surface area contributed by atoms with Crippen LogP contribution in [-0.2, 0) is 23.8 Å². The molecular formula is C77H141NO10. The molecule has 88 heavy (non-hydrogen) atoms. The third kappa shape index (κ3) is 54.0. The van der Waals surface area contributed by atoms with Crippen molar-refractivity contribution in [3.63, 3.8) is 0 Å². The van der Waals surface area contributed by atoms with Gasteiger partial charge in [-0.3, -0.25) is 9.59 Å². The topological polar surface area (TPSA) is 175 Å². The molecule has 11 heteroatoms. The van der Waals surface area contributed by atoms with E-state index in [0.29, 0.717) is 19.4 Å². The Balaban J connectivity index is 1.88. The number of esters is 1. The van der Waals surface area contributed by atoms with Crippen LogP contribution in [-0.4, -0.2) is 100 Å². The first-order valence-electron chi connectivity index (χ1n) is 37.5. The fraction of sp³-hybridized carbons (Fsp3) is 0.844. The van der Waals surface area contributed by atoms with Gasteiger partial charge >= 0.3 is 5.97 Å². The lowest BCUT2D eigenvalue weighted by molar-refractivity contribution is -0.302. The average Bonchev–Trinajstić information content (AvgIpc) is 3.35. The molecule has 1 heterocycles. The van der Waals surface area contributed by atoms with E-state index in [1.165, 1.54) is 263 Å². The van der Waals surface area contributed by atoms with E-state index in [1.807, 2.05) is 19.1 Å². The van der Waals surface area contributed by atoms with Gasteiger partial charge in [0.05, 0.1) is 32.0 Å². The Morgan fingerprint density at radius 3 is 1.25 bits per heavy atom. The molecule has 0 aromatic rings. The summed E-state index contributed by atoms with van der Waals surface area (Å²) in [6.45, 7) is 4.12. The summed E-state index contributed by atoms with van der Waals surface area (Å²) in [5.74, 6) is -0.182. The lowest BCUT2D eigenvalue weighted by Crippen LogP contribution is -2.60. The second-order valence-corrected chi connectivity index (χ2v) is 26.0. The van der Waals surface area contributed by atoms with Gasteiger partial charge in [-0.2, -0.15) is 0 Å². The second-order valence-electron chi connectivity index (χ2n) is 26.0. The lowest BCUT2D eigenvalue weighted by atomic mass is 9.99. The van der Waals surface area contributed by atoms with E-state index in [4.69, 9.17) is 14.2 Å². The predicted molar refractivity (Wildman–Crippen MR) is 370 cm³/mol. The van der Waals surface area contributed by atoms with Crippen LogP contribution in [0.2, 0.25) is 0 Å². The summed E-state index contributed by atoms with van der Waals surface area (Å²) in [7, 11) is 0. The highest BCUT2D eigenvalue weighted by Crippen LogP contribution is 2.23. The number of aliphatic hydroxyl groups excluding tert-OH is 5. The van der Waals surface area contributed by atoms with Crippen LogP contribution in [0, 0.1) is 0 Å². The van der Waals surface area contributed by atoms with E-state index in [-0.39, 0.29) is 18.5 Å². The standard InChI is InChI=1S/C77H141NO10/c1-3-5-7-9-11-13-14-15-42-45-49-53-57-61-65-73(82)86-66-62-58-54-50-46-43-40-38-36-34-32-30-28-26-24-22-20-18-16-17-19-21-23-25-27-29-31-33-35-37-39-41-44-48-52-56-60-64-72(81)78-69(70(80)63-59-55-51-47-12-10-8-6-4-2)68-87-77-76(85)75(84)74(83)71(67-79)88-77/h4,6,12,16,18,22,24,47,59,63,69-71,74-77,79-80,83-85H,3,5,7-11,13-15,17,19-21,23,25-46,48-58,60-62,64-68H2,1-2H3,(H,78,81)/b6-4+,18-16-,24-22-,47-12+,63-59+. The quantitative estimate of drug-likeness (QED) is 0.0195. The molecule has 6 N–H and O–H groups in total. The largest absolute Gasteiger partial charge is 0.466 e. The van der Waals surface area contributed by atoms with Gasteiger partial charge in [-0.05, 0) is 84.0 Å². The van der Waals surface area contributed by atoms with E-state index in [1.54, 1.807) is 6.08 Å². The van der Waals surface area contributed by atoms with Gasteiger partial charge in [0.25, 0.3) is 0 Å². The van der Waals surface area contributed by atoms with Crippen LogP contribution in [0.1, 0.15) is 354 Å². The molecule has 7 unspecified atom stereocenters. The number of ether oxygens (including phenoxy) is 3. The first-order chi connectivity index (χ1) is 43.2. The Labute approximate surface area is 541 Å². The van der Waals surface area contributed by atoms with Gasteiger partial charge in [-0.1, -0.05) is 318 Å². The smallest absolute Gasteiger partial charge is 0.305 e. The summed E-state index contributed by atoms with van der Waals surface area (Å²) in [6.07, 6.45) is 78.5. The van der Waals surface area contributed by atoms with Crippen molar-refractivity contribution in [2.24, 2.45) is 0 Å². The van der Waals surface area contributed by atoms with Crippen LogP contribution in [0.5, 0.6) is 0 Å². The van der Waals surface area contributed by atoms with Crippen molar-refractivity contribution in [2.45, 2.75) is 397 Å². The fourth-order valence-corrected chi connectivity index (χ4v) is 11.8. The molecule has 1 amide bonds. The highest BCUT2D eigenvalue weighted by molar-refractivity contribution is 5.76. The van der Waals surface area contributed by atoms with Crippen LogP contribution in [0.25, 0.3) is 0 Å². The van der Waals surface area contributed by atoms with Gasteiger partial charge in [0.15, 0.2) is 6.29 Å². The maximum atomic E-state index is 13.0. The summed E-state index contributed by atoms with van der Waals surface area (Å²) in [5, 5.41) is 54.2. The van der Waals surface area contributed by atoms with E-state index >= 15 is 0 Å². The molecule has 1 aliphatic heterocycles. The summed E-state index contributed by atoms with van der Waals surface area (Å²) in [5.41, 5.74) is 0. The maximum Gasteiger partial charge on any atom is 0.305 e. The third-order valence-corrected chi connectivity index (χ3v) is 17.7. The van der Waals surface area contributed by atoms with Crippen molar-refractivity contribution in [1.29, 1.82) is 0 Å². The number of unbranched alkanes of at least 4 members (excludes halogenated alkanes) is 45. The Morgan fingerprint density at radius 2 is 0.818 bits per heavy atom. The number of hydrogen-bond acceptors (Lipinski definition) is 10. The molecule has 0 spiro atoms. The second kappa shape index (κ2) is 65.8. The highest BCUT2D eigenvalue weighted by atomic mass is 16.7. The first-order valence-corrected chi connectivity index (χ1v) is 37.5. The number of aliphatic hydroxyl groups is 5. The Hall–Kier alpha value is -2.64. The summed E-state index contributed by atoms with van der Waals surface area (Å²) < 4.78 is 16.7. The number of carbonyl (C=O) groups excluding carboxylic acids is 2. The molecule has 0 saturated carbocycles. The highest BCUT2D eigenvalue weighted by Gasteiger charge is 2.44. The Bertz CT molecular complexity index is 1650. The molecule has 7 atom stereocenters. The summed E-state index contributed by atoms with van der Waals surface area (Å²) in [6, 6.07) is -0.832. The number of amides is 1. The van der Waals surface area contributed by atoms with E-state index in [0.717, 1.165) is 64.2 Å². The van der Waals surface area contributed by atoms with Crippen LogP contribution in [0.15, 0.2) is 60.8 Å². The molecule has 1 saturated heterocycles. The van der Waals surface area contributed by atoms with Gasteiger partial charge in [0, 0.05) is 12.8 Å². The van der Waals surface area contributed by atoms with E-state index in [2.05, 4.69) is 54.8 Å². The van der Waals surface area contributed by atoms with Crippen molar-refractivity contribution in [2.75, 3.05) is 19.8 Å². The molecule has 0 aliphatic carbocycles. The van der Waals surface area contributed by atoms with Crippen LogP contribution in [0.3, 0.4) is 0 Å². The predicted octanol–water partition coefficient (Wildman–Crippen LogP) is 19.7. The monoisotopic (exact) mass is 1240 g/mol. The molecule has 0 aromatic carbocycles. The number of carbonyl (C=O) groups is 2. The van der Waals surface area contributed by atoms with Crippen molar-refractivity contribution < 1.29 is 49.3 Å². The lowest BCUT2D eigenvalue weighted by Gasteiger charge is -2.40. The molecule has 0 bridgehead atoms. The normalized spacial score (nSPS) is 18.1. The Morgan fingerprint density at radius 1 is 0.443 bits per heavy atom. The fourth-order valence-electron chi connectivity index (χ4n) is 11.8. The van der Waals surface area contributed by atoms with Gasteiger partial charge in [-0.15, -0.1) is 0 Å². The van der Waals surface area contributed by atoms with Crippen LogP contribution in [0.4, 0.5) is 0 Å². The zero-order valence-corrected chi connectivity index (χ0v) is 57.2. The number of allylic oxidation sites excluding steroid dienone is 9. The van der Waals surface area contributed by atoms with E-state index < -0.39 is 49.5 Å². The Kier molecular flexibility index (Phi) is 62.4. The minimum atomic E-state index is -1.58. The van der Waals surface area contributed by atoms with E-state index in [9.17, 15) is 35.1 Å². The van der Waals surface area contributed by atoms with Crippen molar-refractivity contribution >= 4 is 11.9 Å². The number of hydrogen-bond donors (Lipinski definition) is 6. The zero-order chi connectivity index (χ0) is 63.7. The van der Waals surface area contributed by atoms with Crippen molar-refractivity contribution in [1.82, 2.24) is 5.32 Å². The molecular weight excluding hydrogens is 1100 g/mol. The SMILES string of the molecule is C/C=C/CC/C=C/CC/C=C/C(O)C(COC1OC(CO)C(O)C(O)C1O)NC(=O)CCCCCCCCCCCCCCCCCCC/C=C\C/C=C\CCCCCCCCCCCCCCCOC(=O)CCCCCCCCCCCCCCCC. The number of rotatable bonds is 66. The minimum absolute atomic E-state index is 0.0146. The first kappa shape index (κ1) is 83.4. The summed E-state index contributed by atoms with van der Waals surface area (Å²) in [4.78, 5) is 25.1. The number of nitrogens with one attached hydrogen (secondary N) is 1. The molecule has 1 rings (SSSR count). The van der Waals surface area contributed by atoms with Crippen LogP contribution < -0.4 is 5.32 Å². The third-order valence-electron chi connectivity index (χ3n) is 17.7. The summed E-state index contributed by atoms with van der Waals surface area (Å²) >= 11 is 0. The van der Waals surface area contributed by atoms with Gasteiger partial charge in [0.2, 0.25) is 5.91 Å². The van der Waals surface area contributed by atoms with Gasteiger partial charge < -0.3 is 45.1 Å². The van der Waals surface area contributed by atoms with Gasteiger partial charge in [-0.25, -0.2) is 0 Å². The maximum absolute atomic E-state index is 13.0. The molecule has 0 aromatic heterocycles. The zero-order valence-electron chi connectivity index (χ0n) is 57.2. The van der Waals surface area contributed by atoms with Crippen molar-refractivity contribution in [3.05, 3.63) is 60.8 Å². The molecule has 1 aliphatic rings. The van der Waals surface area contributed by atoms with Crippen LogP contribution >= 0.6 is 0 Å². The average molecular weight is 1240 g/mol. The minimum Gasteiger partial charge on any atom is -0.466 e. The van der Waals surface area contributed by atoms with Crippen molar-refractivity contribution in [3.8, 4) is 0 Å². The molecule has 1 fully saturated rings. The molecule has 0 radical (unpaired) electrons. The molecule has 514 valence electrons.